The molecule has 0 amide bonds. The Morgan fingerprint density at radius 1 is 1.17 bits per heavy atom. The van der Waals surface area contributed by atoms with Crippen LogP contribution in [0.1, 0.15) is 12.5 Å². The van der Waals surface area contributed by atoms with Crippen molar-refractivity contribution >= 4 is 0 Å². The molecule has 1 aliphatic rings. The Kier molecular flexibility index (Phi) is 6.56. The van der Waals surface area contributed by atoms with E-state index in [1.54, 1.807) is 20.1 Å². The average Bonchev–Trinajstić information content (AvgIpc) is 2.57. The number of rotatable bonds is 7. The quantitative estimate of drug-likeness (QED) is 0.735. The number of benzene rings is 1. The van der Waals surface area contributed by atoms with Crippen molar-refractivity contribution < 1.29 is 29.2 Å². The third kappa shape index (κ3) is 4.53. The van der Waals surface area contributed by atoms with Crippen LogP contribution in [-0.2, 0) is 20.8 Å². The first-order chi connectivity index (χ1) is 11.1. The molecule has 128 valence electrons. The van der Waals surface area contributed by atoms with E-state index in [4.69, 9.17) is 18.9 Å². The predicted molar refractivity (Wildman–Crippen MR) is 84.1 cm³/mol. The molecule has 1 fully saturated rings. The lowest BCUT2D eigenvalue weighted by Gasteiger charge is -2.41. The van der Waals surface area contributed by atoms with Crippen LogP contribution in [0.25, 0.3) is 0 Å². The third-order valence-electron chi connectivity index (χ3n) is 3.76. The van der Waals surface area contributed by atoms with Gasteiger partial charge in [-0.1, -0.05) is 18.2 Å². The van der Waals surface area contributed by atoms with Crippen LogP contribution in [0.2, 0.25) is 0 Å². The summed E-state index contributed by atoms with van der Waals surface area (Å²) >= 11 is 0. The molecule has 2 rings (SSSR count). The van der Waals surface area contributed by atoms with Gasteiger partial charge in [-0.25, -0.2) is 0 Å². The number of aliphatic hydroxyl groups is 2. The maximum absolute atomic E-state index is 10.3. The van der Waals surface area contributed by atoms with Gasteiger partial charge in [-0.2, -0.15) is 0 Å². The summed E-state index contributed by atoms with van der Waals surface area (Å²) in [5, 5.41) is 20.5. The van der Waals surface area contributed by atoms with E-state index >= 15 is 0 Å². The first-order valence-corrected chi connectivity index (χ1v) is 7.55. The molecule has 5 atom stereocenters. The molecule has 1 aliphatic heterocycles. The van der Waals surface area contributed by atoms with Gasteiger partial charge in [0, 0.05) is 0 Å². The molecule has 0 radical (unpaired) electrons. The van der Waals surface area contributed by atoms with E-state index in [1.165, 1.54) is 0 Å². The van der Waals surface area contributed by atoms with E-state index in [0.717, 1.165) is 11.3 Å². The molecule has 0 saturated carbocycles. The Labute approximate surface area is 136 Å². The van der Waals surface area contributed by atoms with E-state index in [0.29, 0.717) is 0 Å². The topological polar surface area (TPSA) is 77.4 Å². The first kappa shape index (κ1) is 17.9. The summed E-state index contributed by atoms with van der Waals surface area (Å²) in [6.07, 6.45) is -2.61. The molecular weight excluding hydrogens is 300 g/mol. The van der Waals surface area contributed by atoms with Crippen molar-refractivity contribution in [3.63, 3.8) is 0 Å². The van der Waals surface area contributed by atoms with Gasteiger partial charge in [-0.05, 0) is 24.6 Å². The number of aliphatic hydroxyl groups excluding tert-OH is 2. The SMILES string of the molecule is C=CCO[C@@H]1O[C@@H](C)[C@@H](O)[C@@H](OCc2ccc(OC)cc2)[C@@H]1O. The smallest absolute Gasteiger partial charge is 0.186 e. The summed E-state index contributed by atoms with van der Waals surface area (Å²) in [5.41, 5.74) is 0.910. The van der Waals surface area contributed by atoms with Crippen molar-refractivity contribution in [3.05, 3.63) is 42.5 Å². The van der Waals surface area contributed by atoms with E-state index < -0.39 is 30.7 Å². The molecule has 1 heterocycles. The predicted octanol–water partition coefficient (Wildman–Crippen LogP) is 1.25. The second-order valence-corrected chi connectivity index (χ2v) is 5.44. The molecule has 0 bridgehead atoms. The molecular formula is C17H24O6. The molecule has 1 saturated heterocycles. The second-order valence-electron chi connectivity index (χ2n) is 5.44. The van der Waals surface area contributed by atoms with Crippen molar-refractivity contribution in [2.24, 2.45) is 0 Å². The zero-order valence-electron chi connectivity index (χ0n) is 13.4. The van der Waals surface area contributed by atoms with Gasteiger partial charge in [0.25, 0.3) is 0 Å². The number of ether oxygens (including phenoxy) is 4. The van der Waals surface area contributed by atoms with Crippen molar-refractivity contribution in [2.75, 3.05) is 13.7 Å². The van der Waals surface area contributed by atoms with Gasteiger partial charge in [-0.3, -0.25) is 0 Å². The van der Waals surface area contributed by atoms with Crippen molar-refractivity contribution in [1.29, 1.82) is 0 Å². The summed E-state index contributed by atoms with van der Waals surface area (Å²) in [6.45, 7) is 5.77. The molecule has 1 aromatic rings. The highest BCUT2D eigenvalue weighted by Gasteiger charge is 2.44. The third-order valence-corrected chi connectivity index (χ3v) is 3.76. The molecule has 0 aromatic heterocycles. The zero-order valence-corrected chi connectivity index (χ0v) is 13.4. The molecule has 0 aliphatic carbocycles. The molecule has 0 spiro atoms. The van der Waals surface area contributed by atoms with E-state index in [9.17, 15) is 10.2 Å². The average molecular weight is 324 g/mol. The Morgan fingerprint density at radius 2 is 1.87 bits per heavy atom. The van der Waals surface area contributed by atoms with Gasteiger partial charge in [-0.15, -0.1) is 6.58 Å². The maximum Gasteiger partial charge on any atom is 0.186 e. The number of hydrogen-bond donors (Lipinski definition) is 2. The van der Waals surface area contributed by atoms with Crippen LogP contribution in [-0.4, -0.2) is 54.6 Å². The highest BCUT2D eigenvalue weighted by atomic mass is 16.7. The molecule has 6 heteroatoms. The van der Waals surface area contributed by atoms with Gasteiger partial charge in [0.1, 0.15) is 24.1 Å². The fourth-order valence-electron chi connectivity index (χ4n) is 2.41. The van der Waals surface area contributed by atoms with Crippen LogP contribution >= 0.6 is 0 Å². The normalized spacial score (nSPS) is 30.9. The minimum Gasteiger partial charge on any atom is -0.497 e. The maximum atomic E-state index is 10.3. The van der Waals surface area contributed by atoms with Crippen LogP contribution < -0.4 is 4.74 Å². The minimum atomic E-state index is -1.08. The standard InChI is InChI=1S/C17H24O6/c1-4-9-21-17-15(19)16(14(18)11(2)23-17)22-10-12-5-7-13(20-3)8-6-12/h4-8,11,14-19H,1,9-10H2,2-3H3/t11-,14+,15-,16+,17+/m0/s1. The fourth-order valence-corrected chi connectivity index (χ4v) is 2.41. The lowest BCUT2D eigenvalue weighted by molar-refractivity contribution is -0.299. The zero-order chi connectivity index (χ0) is 16.8. The number of hydrogen-bond acceptors (Lipinski definition) is 6. The molecule has 0 unspecified atom stereocenters. The highest BCUT2D eigenvalue weighted by Crippen LogP contribution is 2.25. The van der Waals surface area contributed by atoms with E-state index in [-0.39, 0.29) is 13.2 Å². The first-order valence-electron chi connectivity index (χ1n) is 7.55. The Morgan fingerprint density at radius 3 is 2.48 bits per heavy atom. The van der Waals surface area contributed by atoms with Gasteiger partial charge >= 0.3 is 0 Å². The summed E-state index contributed by atoms with van der Waals surface area (Å²) < 4.78 is 21.7. The minimum absolute atomic E-state index is 0.246. The van der Waals surface area contributed by atoms with Crippen LogP contribution in [0.15, 0.2) is 36.9 Å². The van der Waals surface area contributed by atoms with E-state index in [1.807, 2.05) is 24.3 Å². The van der Waals surface area contributed by atoms with Crippen molar-refractivity contribution in [2.45, 2.75) is 44.2 Å². The summed E-state index contributed by atoms with van der Waals surface area (Å²) in [4.78, 5) is 0. The van der Waals surface area contributed by atoms with Crippen molar-refractivity contribution in [1.82, 2.24) is 0 Å². The lowest BCUT2D eigenvalue weighted by Crippen LogP contribution is -2.58. The highest BCUT2D eigenvalue weighted by molar-refractivity contribution is 5.26. The van der Waals surface area contributed by atoms with Crippen molar-refractivity contribution in [3.8, 4) is 5.75 Å². The van der Waals surface area contributed by atoms with Crippen LogP contribution in [0, 0.1) is 0 Å². The van der Waals surface area contributed by atoms with Crippen LogP contribution in [0.5, 0.6) is 5.75 Å². The number of methoxy groups -OCH3 is 1. The molecule has 1 aromatic carbocycles. The van der Waals surface area contributed by atoms with Crippen LogP contribution in [0.4, 0.5) is 0 Å². The van der Waals surface area contributed by atoms with Gasteiger partial charge in [0.05, 0.1) is 26.4 Å². The second kappa shape index (κ2) is 8.42. The van der Waals surface area contributed by atoms with Gasteiger partial charge in [0.15, 0.2) is 6.29 Å². The lowest BCUT2D eigenvalue weighted by atomic mass is 9.99. The fraction of sp³-hybridized carbons (Fsp3) is 0.529. The largest absolute Gasteiger partial charge is 0.497 e. The molecule has 6 nitrogen and oxygen atoms in total. The molecule has 2 N–H and O–H groups in total. The van der Waals surface area contributed by atoms with Gasteiger partial charge in [0.2, 0.25) is 0 Å². The van der Waals surface area contributed by atoms with Crippen LogP contribution in [0.3, 0.4) is 0 Å². The summed E-state index contributed by atoms with van der Waals surface area (Å²) in [7, 11) is 1.60. The monoisotopic (exact) mass is 324 g/mol. The Bertz CT molecular complexity index is 488. The molecule has 23 heavy (non-hydrogen) atoms. The summed E-state index contributed by atoms with van der Waals surface area (Å²) in [6, 6.07) is 7.39. The van der Waals surface area contributed by atoms with E-state index in [2.05, 4.69) is 6.58 Å². The van der Waals surface area contributed by atoms with Gasteiger partial charge < -0.3 is 29.2 Å². The Hall–Kier alpha value is -1.44. The summed E-state index contributed by atoms with van der Waals surface area (Å²) in [5.74, 6) is 0.756. The Balaban J connectivity index is 1.98.